The Balaban J connectivity index is 1.90. The maximum Gasteiger partial charge on any atom is 0.317 e. The van der Waals surface area contributed by atoms with E-state index in [1.807, 2.05) is 13.8 Å². The predicted molar refractivity (Wildman–Crippen MR) is 121 cm³/mol. The van der Waals surface area contributed by atoms with Crippen molar-refractivity contribution in [2.75, 3.05) is 6.61 Å². The summed E-state index contributed by atoms with van der Waals surface area (Å²) in [5.74, 6) is -1.31. The van der Waals surface area contributed by atoms with Crippen molar-refractivity contribution in [3.8, 4) is 0 Å². The van der Waals surface area contributed by atoms with Gasteiger partial charge in [0.05, 0.1) is 23.5 Å². The summed E-state index contributed by atoms with van der Waals surface area (Å²) < 4.78 is 11.4. The van der Waals surface area contributed by atoms with Gasteiger partial charge in [-0.05, 0) is 38.0 Å². The molecule has 0 aromatic carbocycles. The number of carbonyl (C=O) groups excluding carboxylic acids is 3. The van der Waals surface area contributed by atoms with Gasteiger partial charge in [-0.1, -0.05) is 32.1 Å². The third kappa shape index (κ3) is 4.21. The van der Waals surface area contributed by atoms with Crippen LogP contribution in [0.3, 0.4) is 0 Å². The number of rotatable bonds is 7. The zero-order valence-electron chi connectivity index (χ0n) is 18.5. The average Bonchev–Trinajstić information content (AvgIpc) is 3.24. The molecule has 170 valence electrons. The van der Waals surface area contributed by atoms with E-state index >= 15 is 0 Å². The summed E-state index contributed by atoms with van der Waals surface area (Å²) in [7, 11) is 0. The van der Waals surface area contributed by atoms with E-state index in [9.17, 15) is 14.4 Å². The highest BCUT2D eigenvalue weighted by molar-refractivity contribution is 6.24. The van der Waals surface area contributed by atoms with Crippen molar-refractivity contribution >= 4 is 41.2 Å². The molecular weight excluding hydrogens is 432 g/mol. The second kappa shape index (κ2) is 9.28. The van der Waals surface area contributed by atoms with Crippen LogP contribution in [0.2, 0.25) is 0 Å². The second-order valence-electron chi connectivity index (χ2n) is 8.31. The summed E-state index contributed by atoms with van der Waals surface area (Å²) in [6.07, 6.45) is 6.96. The number of amides is 2. The first-order chi connectivity index (χ1) is 15.1. The Bertz CT molecular complexity index is 1050. The number of hydrogen-bond donors (Lipinski definition) is 2. The van der Waals surface area contributed by atoms with Crippen molar-refractivity contribution in [3.05, 3.63) is 53.0 Å². The Morgan fingerprint density at radius 3 is 2.78 bits per heavy atom. The Hall–Kier alpha value is -2.93. The minimum Gasteiger partial charge on any atom is -0.465 e. The average molecular weight is 459 g/mol. The molecule has 8 heteroatoms. The SMILES string of the molecule is CCCOC(=O)C1(C)C=C(c2ccc(C(C)C3C(=O)NC(=O)C(C=N)=C3C)o2)C=CC1Cl. The molecule has 2 heterocycles. The molecule has 2 aliphatic rings. The maximum absolute atomic E-state index is 12.6. The molecule has 0 fully saturated rings. The molecule has 0 saturated heterocycles. The van der Waals surface area contributed by atoms with Crippen molar-refractivity contribution in [2.24, 2.45) is 11.3 Å². The lowest BCUT2D eigenvalue weighted by molar-refractivity contribution is -0.151. The second-order valence-corrected chi connectivity index (χ2v) is 8.78. The van der Waals surface area contributed by atoms with Crippen molar-refractivity contribution in [1.29, 1.82) is 5.41 Å². The van der Waals surface area contributed by atoms with Gasteiger partial charge < -0.3 is 14.6 Å². The van der Waals surface area contributed by atoms with Crippen molar-refractivity contribution in [2.45, 2.75) is 45.4 Å². The molecule has 3 rings (SSSR count). The van der Waals surface area contributed by atoms with Gasteiger partial charge in [-0.3, -0.25) is 19.7 Å². The number of alkyl halides is 1. The van der Waals surface area contributed by atoms with Crippen LogP contribution in [0, 0.1) is 16.7 Å². The van der Waals surface area contributed by atoms with Crippen molar-refractivity contribution < 1.29 is 23.5 Å². The zero-order valence-corrected chi connectivity index (χ0v) is 19.3. The zero-order chi connectivity index (χ0) is 23.6. The Labute approximate surface area is 192 Å². The highest BCUT2D eigenvalue weighted by Crippen LogP contribution is 2.40. The third-order valence-corrected chi connectivity index (χ3v) is 6.61. The molecule has 0 spiro atoms. The molecule has 0 saturated carbocycles. The standard InChI is InChI=1S/C24H27ClN2O5/c1-5-10-31-23(30)24(4)11-15(6-9-19(24)25)18-8-7-17(32-18)14(3)20-13(2)16(12-26)21(28)27-22(20)29/h6-9,11-12,14,19-20,26H,5,10H2,1-4H3,(H,27,28,29). The van der Waals surface area contributed by atoms with E-state index in [-0.39, 0.29) is 11.5 Å². The van der Waals surface area contributed by atoms with Gasteiger partial charge in [0, 0.05) is 17.7 Å². The number of carbonyl (C=O) groups is 3. The maximum atomic E-state index is 12.6. The molecule has 2 N–H and O–H groups in total. The summed E-state index contributed by atoms with van der Waals surface area (Å²) in [6.45, 7) is 7.49. The molecule has 4 unspecified atom stereocenters. The van der Waals surface area contributed by atoms with Crippen LogP contribution in [-0.4, -0.2) is 36.0 Å². The molecule has 0 bridgehead atoms. The number of esters is 1. The van der Waals surface area contributed by atoms with E-state index in [4.69, 9.17) is 26.2 Å². The van der Waals surface area contributed by atoms with Crippen molar-refractivity contribution in [1.82, 2.24) is 5.32 Å². The summed E-state index contributed by atoms with van der Waals surface area (Å²) in [5, 5.41) is 9.24. The number of hydrogen-bond acceptors (Lipinski definition) is 6. The third-order valence-electron chi connectivity index (χ3n) is 6.01. The Kier molecular flexibility index (Phi) is 6.88. The Morgan fingerprint density at radius 1 is 1.41 bits per heavy atom. The van der Waals surface area contributed by atoms with Gasteiger partial charge in [-0.2, -0.15) is 0 Å². The molecule has 0 radical (unpaired) electrons. The van der Waals surface area contributed by atoms with Crippen LogP contribution in [0.1, 0.15) is 51.6 Å². The largest absolute Gasteiger partial charge is 0.465 e. The van der Waals surface area contributed by atoms with Crippen LogP contribution in [0.15, 0.2) is 45.9 Å². The van der Waals surface area contributed by atoms with Crippen LogP contribution in [0.25, 0.3) is 5.57 Å². The minimum absolute atomic E-state index is 0.181. The van der Waals surface area contributed by atoms with E-state index in [1.54, 1.807) is 44.2 Å². The minimum atomic E-state index is -1.04. The van der Waals surface area contributed by atoms with E-state index in [2.05, 4.69) is 5.32 Å². The van der Waals surface area contributed by atoms with Gasteiger partial charge in [0.1, 0.15) is 16.9 Å². The number of allylic oxidation sites excluding steroid dienone is 3. The Morgan fingerprint density at radius 2 is 2.12 bits per heavy atom. The summed E-state index contributed by atoms with van der Waals surface area (Å²) >= 11 is 6.42. The van der Waals surface area contributed by atoms with Gasteiger partial charge in [-0.15, -0.1) is 11.6 Å². The highest BCUT2D eigenvalue weighted by atomic mass is 35.5. The lowest BCUT2D eigenvalue weighted by atomic mass is 9.80. The lowest BCUT2D eigenvalue weighted by Crippen LogP contribution is -2.44. The summed E-state index contributed by atoms with van der Waals surface area (Å²) in [4.78, 5) is 37.1. The molecule has 2 amide bonds. The molecule has 4 atom stereocenters. The first kappa shape index (κ1) is 23.7. The highest BCUT2D eigenvalue weighted by Gasteiger charge is 2.42. The quantitative estimate of drug-likeness (QED) is 0.276. The first-order valence-electron chi connectivity index (χ1n) is 10.5. The van der Waals surface area contributed by atoms with Crippen LogP contribution in [-0.2, 0) is 19.1 Å². The smallest absolute Gasteiger partial charge is 0.317 e. The number of furan rings is 1. The summed E-state index contributed by atoms with van der Waals surface area (Å²) in [6, 6.07) is 3.55. The number of ether oxygens (including phenoxy) is 1. The molecule has 1 aliphatic heterocycles. The van der Waals surface area contributed by atoms with Gasteiger partial charge in [0.25, 0.3) is 5.91 Å². The first-order valence-corrected chi connectivity index (χ1v) is 11.0. The van der Waals surface area contributed by atoms with Gasteiger partial charge in [-0.25, -0.2) is 0 Å². The molecule has 32 heavy (non-hydrogen) atoms. The molecule has 7 nitrogen and oxygen atoms in total. The van der Waals surface area contributed by atoms with E-state index in [0.29, 0.717) is 35.7 Å². The predicted octanol–water partition coefficient (Wildman–Crippen LogP) is 4.14. The van der Waals surface area contributed by atoms with Crippen LogP contribution >= 0.6 is 11.6 Å². The van der Waals surface area contributed by atoms with Gasteiger partial charge in [0.15, 0.2) is 0 Å². The monoisotopic (exact) mass is 458 g/mol. The van der Waals surface area contributed by atoms with Crippen LogP contribution in [0.5, 0.6) is 0 Å². The van der Waals surface area contributed by atoms with E-state index < -0.39 is 34.5 Å². The molecule has 1 aliphatic carbocycles. The molecular formula is C24H27ClN2O5. The van der Waals surface area contributed by atoms with E-state index in [0.717, 1.165) is 6.21 Å². The van der Waals surface area contributed by atoms with Crippen LogP contribution < -0.4 is 5.32 Å². The fourth-order valence-electron chi connectivity index (χ4n) is 4.01. The normalized spacial score (nSPS) is 26.5. The fraction of sp³-hybridized carbons (Fsp3) is 0.417. The number of imide groups is 1. The number of halogens is 1. The van der Waals surface area contributed by atoms with Gasteiger partial charge in [0.2, 0.25) is 5.91 Å². The molecule has 1 aromatic heterocycles. The van der Waals surface area contributed by atoms with E-state index in [1.165, 1.54) is 0 Å². The fourth-order valence-corrected chi connectivity index (χ4v) is 4.24. The number of nitrogens with one attached hydrogen (secondary N) is 2. The lowest BCUT2D eigenvalue weighted by Gasteiger charge is -2.30. The summed E-state index contributed by atoms with van der Waals surface area (Å²) in [5.41, 5.74) is 0.362. The van der Waals surface area contributed by atoms with Crippen molar-refractivity contribution in [3.63, 3.8) is 0 Å². The van der Waals surface area contributed by atoms with Crippen LogP contribution in [0.4, 0.5) is 0 Å². The molecule has 1 aromatic rings. The topological polar surface area (TPSA) is 109 Å². The van der Waals surface area contributed by atoms with Gasteiger partial charge >= 0.3 is 5.97 Å².